The van der Waals surface area contributed by atoms with Crippen molar-refractivity contribution in [3.63, 3.8) is 0 Å². The van der Waals surface area contributed by atoms with Gasteiger partial charge in [-0.25, -0.2) is 0 Å². The van der Waals surface area contributed by atoms with Gasteiger partial charge >= 0.3 is 0 Å². The Morgan fingerprint density at radius 3 is 2.77 bits per heavy atom. The molecule has 0 spiro atoms. The lowest BCUT2D eigenvalue weighted by Crippen LogP contribution is -2.63. The van der Waals surface area contributed by atoms with Crippen molar-refractivity contribution in [2.75, 3.05) is 19.8 Å². The van der Waals surface area contributed by atoms with Crippen LogP contribution in [0.25, 0.3) is 0 Å². The molecule has 1 aromatic rings. The average Bonchev–Trinajstić information content (AvgIpc) is 3.37. The van der Waals surface area contributed by atoms with Crippen LogP contribution >= 0.6 is 0 Å². The molecule has 1 heterocycles. The summed E-state index contributed by atoms with van der Waals surface area (Å²) in [7, 11) is 0. The number of fused-ring (bicyclic) bond motifs is 5. The van der Waals surface area contributed by atoms with Crippen molar-refractivity contribution in [1.82, 2.24) is 0 Å². The molecule has 4 heteroatoms. The number of rotatable bonds is 6. The standard InChI is InChI=1S/C26H40O4/c1-24-11-3-2-5-20(24)6-7-23-22(24)8-12-25(18-30-15-4-14-27)21(9-13-26(23,25)28)19-10-16-29-17-19/h10,16-17,20-23,27-28H,2-9,11-15,18H2,1H3/t20-,21+,22-,23+,24-,25-,26-/m0/s1. The van der Waals surface area contributed by atoms with Crippen molar-refractivity contribution >= 4 is 0 Å². The lowest BCUT2D eigenvalue weighted by molar-refractivity contribution is -0.220. The highest BCUT2D eigenvalue weighted by molar-refractivity contribution is 5.28. The van der Waals surface area contributed by atoms with Crippen LogP contribution in [0.1, 0.15) is 89.0 Å². The lowest BCUT2D eigenvalue weighted by atomic mass is 9.43. The van der Waals surface area contributed by atoms with Gasteiger partial charge in [0.25, 0.3) is 0 Å². The molecule has 0 aliphatic heterocycles. The van der Waals surface area contributed by atoms with Crippen LogP contribution in [0.5, 0.6) is 0 Å². The van der Waals surface area contributed by atoms with Crippen LogP contribution in [0, 0.1) is 28.6 Å². The molecule has 2 N–H and O–H groups in total. The third kappa shape index (κ3) is 2.97. The van der Waals surface area contributed by atoms with E-state index >= 15 is 0 Å². The third-order valence-electron chi connectivity index (χ3n) is 10.2. The van der Waals surface area contributed by atoms with Gasteiger partial charge in [0.2, 0.25) is 0 Å². The smallest absolute Gasteiger partial charge is 0.0937 e. The Hall–Kier alpha value is -0.840. The molecule has 4 saturated carbocycles. The van der Waals surface area contributed by atoms with Crippen molar-refractivity contribution in [2.45, 2.75) is 89.1 Å². The van der Waals surface area contributed by atoms with E-state index in [4.69, 9.17) is 9.15 Å². The molecule has 4 fully saturated rings. The van der Waals surface area contributed by atoms with E-state index in [9.17, 15) is 10.2 Å². The molecule has 0 radical (unpaired) electrons. The van der Waals surface area contributed by atoms with Crippen molar-refractivity contribution in [3.05, 3.63) is 24.2 Å². The zero-order valence-electron chi connectivity index (χ0n) is 18.7. The second-order valence-corrected chi connectivity index (χ2v) is 11.1. The van der Waals surface area contributed by atoms with Gasteiger partial charge in [-0.3, -0.25) is 0 Å². The van der Waals surface area contributed by atoms with E-state index in [1.807, 2.05) is 6.26 Å². The number of hydrogen-bond donors (Lipinski definition) is 2. The summed E-state index contributed by atoms with van der Waals surface area (Å²) in [5.41, 5.74) is 0.759. The molecule has 4 aliphatic carbocycles. The van der Waals surface area contributed by atoms with Crippen molar-refractivity contribution < 1.29 is 19.4 Å². The Kier molecular flexibility index (Phi) is 5.56. The fourth-order valence-electron chi connectivity index (χ4n) is 8.76. The molecule has 30 heavy (non-hydrogen) atoms. The van der Waals surface area contributed by atoms with E-state index in [1.54, 1.807) is 6.26 Å². The molecule has 4 aliphatic rings. The predicted molar refractivity (Wildman–Crippen MR) is 116 cm³/mol. The van der Waals surface area contributed by atoms with Crippen LogP contribution in [0.4, 0.5) is 0 Å². The van der Waals surface area contributed by atoms with E-state index in [-0.39, 0.29) is 12.0 Å². The van der Waals surface area contributed by atoms with E-state index in [1.165, 1.54) is 50.5 Å². The first kappa shape index (κ1) is 21.0. The maximum absolute atomic E-state index is 12.5. The monoisotopic (exact) mass is 416 g/mol. The minimum Gasteiger partial charge on any atom is -0.472 e. The summed E-state index contributed by atoms with van der Waals surface area (Å²) in [6.45, 7) is 3.89. The first-order valence-electron chi connectivity index (χ1n) is 12.5. The molecule has 0 amide bonds. The molecule has 4 nitrogen and oxygen atoms in total. The minimum absolute atomic E-state index is 0.160. The SMILES string of the molecule is C[C@]12CCCC[C@H]1CC[C@@H]1[C@@H]2CC[C@]2(COCCCO)[C@@H](c3ccoc3)CC[C@]12O. The van der Waals surface area contributed by atoms with Crippen LogP contribution in [0.3, 0.4) is 0 Å². The van der Waals surface area contributed by atoms with Gasteiger partial charge in [0.15, 0.2) is 0 Å². The summed E-state index contributed by atoms with van der Waals surface area (Å²) < 4.78 is 11.6. The van der Waals surface area contributed by atoms with Gasteiger partial charge in [0, 0.05) is 18.6 Å². The summed E-state index contributed by atoms with van der Waals surface area (Å²) in [6, 6.07) is 2.09. The summed E-state index contributed by atoms with van der Waals surface area (Å²) in [5.74, 6) is 2.20. The van der Waals surface area contributed by atoms with Crippen molar-refractivity contribution in [3.8, 4) is 0 Å². The number of ether oxygens (including phenoxy) is 1. The molecule has 0 bridgehead atoms. The van der Waals surface area contributed by atoms with Gasteiger partial charge in [-0.2, -0.15) is 0 Å². The first-order chi connectivity index (χ1) is 14.6. The maximum Gasteiger partial charge on any atom is 0.0937 e. The highest BCUT2D eigenvalue weighted by Gasteiger charge is 2.69. The normalized spacial score (nSPS) is 45.6. The molecule has 0 aromatic carbocycles. The predicted octanol–water partition coefficient (Wildman–Crippen LogP) is 5.29. The summed E-state index contributed by atoms with van der Waals surface area (Å²) in [6.07, 6.45) is 16.5. The first-order valence-corrected chi connectivity index (χ1v) is 12.5. The Bertz CT molecular complexity index is 717. The minimum atomic E-state index is -0.650. The Labute approximate surface area is 181 Å². The summed E-state index contributed by atoms with van der Waals surface area (Å²) >= 11 is 0. The number of hydrogen-bond acceptors (Lipinski definition) is 4. The Balaban J connectivity index is 1.48. The third-order valence-corrected chi connectivity index (χ3v) is 10.2. The van der Waals surface area contributed by atoms with Crippen LogP contribution in [-0.4, -0.2) is 35.6 Å². The largest absolute Gasteiger partial charge is 0.472 e. The van der Waals surface area contributed by atoms with E-state index in [0.29, 0.717) is 42.8 Å². The summed E-state index contributed by atoms with van der Waals surface area (Å²) in [5, 5.41) is 21.7. The molecule has 5 rings (SSSR count). The highest BCUT2D eigenvalue weighted by atomic mass is 16.5. The van der Waals surface area contributed by atoms with E-state index < -0.39 is 5.60 Å². The second-order valence-electron chi connectivity index (χ2n) is 11.1. The molecule has 1 aromatic heterocycles. The average molecular weight is 417 g/mol. The molecular weight excluding hydrogens is 376 g/mol. The zero-order valence-corrected chi connectivity index (χ0v) is 18.7. The molecule has 0 saturated heterocycles. The second kappa shape index (κ2) is 7.94. The van der Waals surface area contributed by atoms with Crippen molar-refractivity contribution in [1.29, 1.82) is 0 Å². The van der Waals surface area contributed by atoms with Gasteiger partial charge in [-0.05, 0) is 98.5 Å². The van der Waals surface area contributed by atoms with Crippen LogP contribution in [0.2, 0.25) is 0 Å². The number of aliphatic hydroxyl groups excluding tert-OH is 1. The van der Waals surface area contributed by atoms with E-state index in [2.05, 4.69) is 13.0 Å². The highest BCUT2D eigenvalue weighted by Crippen LogP contribution is 2.70. The van der Waals surface area contributed by atoms with Crippen LogP contribution < -0.4 is 0 Å². The molecular formula is C26H40O4. The quantitative estimate of drug-likeness (QED) is 0.619. The van der Waals surface area contributed by atoms with Gasteiger partial charge in [-0.1, -0.05) is 19.8 Å². The zero-order chi connectivity index (χ0) is 20.8. The Morgan fingerprint density at radius 2 is 1.97 bits per heavy atom. The Morgan fingerprint density at radius 1 is 1.07 bits per heavy atom. The van der Waals surface area contributed by atoms with Gasteiger partial charge in [0.05, 0.1) is 24.7 Å². The van der Waals surface area contributed by atoms with Gasteiger partial charge in [0.1, 0.15) is 0 Å². The molecule has 7 atom stereocenters. The van der Waals surface area contributed by atoms with Crippen LogP contribution in [-0.2, 0) is 4.74 Å². The topological polar surface area (TPSA) is 62.8 Å². The molecule has 0 unspecified atom stereocenters. The molecule has 168 valence electrons. The fourth-order valence-corrected chi connectivity index (χ4v) is 8.76. The van der Waals surface area contributed by atoms with Crippen molar-refractivity contribution in [2.24, 2.45) is 28.6 Å². The maximum atomic E-state index is 12.5. The van der Waals surface area contributed by atoms with Gasteiger partial charge in [-0.15, -0.1) is 0 Å². The fraction of sp³-hybridized carbons (Fsp3) is 0.846. The van der Waals surface area contributed by atoms with E-state index in [0.717, 1.165) is 25.2 Å². The van der Waals surface area contributed by atoms with Gasteiger partial charge < -0.3 is 19.4 Å². The number of aliphatic hydroxyl groups is 2. The van der Waals surface area contributed by atoms with Crippen LogP contribution in [0.15, 0.2) is 23.0 Å². The summed E-state index contributed by atoms with van der Waals surface area (Å²) in [4.78, 5) is 0. The number of furan rings is 1. The lowest BCUT2D eigenvalue weighted by Gasteiger charge is -2.63.